The smallest absolute Gasteiger partial charge is 0.327 e. The van der Waals surface area contributed by atoms with Gasteiger partial charge in [0.1, 0.15) is 0 Å². The highest BCUT2D eigenvalue weighted by Crippen LogP contribution is 2.20. The zero-order valence-corrected chi connectivity index (χ0v) is 15.9. The number of amides is 1. The first-order valence-corrected chi connectivity index (χ1v) is 9.34. The van der Waals surface area contributed by atoms with Gasteiger partial charge in [0.25, 0.3) is 0 Å². The van der Waals surface area contributed by atoms with Gasteiger partial charge in [-0.2, -0.15) is 0 Å². The number of piperazine rings is 1. The van der Waals surface area contributed by atoms with Crippen LogP contribution in [0.2, 0.25) is 0 Å². The molecule has 3 aromatic rings. The van der Waals surface area contributed by atoms with Gasteiger partial charge in [0.05, 0.1) is 5.27 Å². The Balaban J connectivity index is 1.47. The normalized spacial score (nSPS) is 14.1. The number of carbonyl (C=O) groups is 2. The van der Waals surface area contributed by atoms with Crippen LogP contribution in [-0.2, 0) is 0 Å². The molecule has 0 N–H and O–H groups in total. The molecule has 1 amide bonds. The maximum absolute atomic E-state index is 13.0. The lowest BCUT2D eigenvalue weighted by molar-refractivity contribution is -0.672. The summed E-state index contributed by atoms with van der Waals surface area (Å²) >= 11 is 0. The Hall–Kier alpha value is -3.68. The lowest BCUT2D eigenvalue weighted by Gasteiger charge is -2.35. The third-order valence-electron chi connectivity index (χ3n) is 5.02. The van der Waals surface area contributed by atoms with E-state index in [0.29, 0.717) is 37.4 Å². The zero-order valence-electron chi connectivity index (χ0n) is 15.9. The average molecular weight is 392 g/mol. The summed E-state index contributed by atoms with van der Waals surface area (Å²) in [5, 5.41) is 15.9. The Morgan fingerprint density at radius 1 is 1.00 bits per heavy atom. The van der Waals surface area contributed by atoms with E-state index in [1.165, 1.54) is 11.6 Å². The second-order valence-electron chi connectivity index (χ2n) is 6.84. The SMILES string of the molecule is CC(=O)c1ccc(N2CCN(C(=O)c3c([O-])on[n+]3-c3ccccc3)CC2)cc1. The van der Waals surface area contributed by atoms with Crippen LogP contribution in [0.5, 0.6) is 5.95 Å². The second-order valence-corrected chi connectivity index (χ2v) is 6.84. The van der Waals surface area contributed by atoms with E-state index >= 15 is 0 Å². The molecule has 0 unspecified atom stereocenters. The number of ketones is 1. The van der Waals surface area contributed by atoms with Crippen molar-refractivity contribution in [1.29, 1.82) is 0 Å². The van der Waals surface area contributed by atoms with Crippen molar-refractivity contribution < 1.29 is 23.9 Å². The van der Waals surface area contributed by atoms with Crippen LogP contribution in [0, 0.1) is 0 Å². The van der Waals surface area contributed by atoms with E-state index in [4.69, 9.17) is 4.52 Å². The number of hydrogen-bond donors (Lipinski definition) is 0. The maximum atomic E-state index is 13.0. The number of anilines is 1. The molecular weight excluding hydrogens is 372 g/mol. The van der Waals surface area contributed by atoms with Gasteiger partial charge in [-0.25, -0.2) is 0 Å². The molecule has 8 nitrogen and oxygen atoms in total. The van der Waals surface area contributed by atoms with Crippen LogP contribution in [0.3, 0.4) is 0 Å². The van der Waals surface area contributed by atoms with Crippen molar-refractivity contribution in [3.8, 4) is 11.6 Å². The van der Waals surface area contributed by atoms with Crippen LogP contribution >= 0.6 is 0 Å². The Morgan fingerprint density at radius 3 is 2.28 bits per heavy atom. The first-order valence-electron chi connectivity index (χ1n) is 9.34. The Bertz CT molecular complexity index is 1020. The summed E-state index contributed by atoms with van der Waals surface area (Å²) in [5.41, 5.74) is 2.15. The van der Waals surface area contributed by atoms with Gasteiger partial charge in [0.15, 0.2) is 11.7 Å². The largest absolute Gasteiger partial charge is 0.538 e. The van der Waals surface area contributed by atoms with Gasteiger partial charge in [-0.05, 0) is 35.9 Å². The molecule has 4 rings (SSSR count). The minimum Gasteiger partial charge on any atom is -0.538 e. The van der Waals surface area contributed by atoms with Gasteiger partial charge in [-0.3, -0.25) is 9.59 Å². The fourth-order valence-electron chi connectivity index (χ4n) is 3.40. The first kappa shape index (κ1) is 18.7. The number of aromatic nitrogens is 2. The minimum atomic E-state index is -0.749. The van der Waals surface area contributed by atoms with Crippen molar-refractivity contribution in [1.82, 2.24) is 10.2 Å². The molecule has 1 saturated heterocycles. The molecule has 2 aromatic carbocycles. The third-order valence-corrected chi connectivity index (χ3v) is 5.02. The maximum Gasteiger partial charge on any atom is 0.327 e. The highest BCUT2D eigenvalue weighted by Gasteiger charge is 2.33. The number of benzene rings is 2. The number of para-hydroxylation sites is 1. The van der Waals surface area contributed by atoms with Gasteiger partial charge in [-0.1, -0.05) is 18.2 Å². The summed E-state index contributed by atoms with van der Waals surface area (Å²) in [7, 11) is 0. The number of hydrogen-bond acceptors (Lipinski definition) is 6. The summed E-state index contributed by atoms with van der Waals surface area (Å²) in [5.74, 6) is -1.12. The lowest BCUT2D eigenvalue weighted by Crippen LogP contribution is -2.51. The summed E-state index contributed by atoms with van der Waals surface area (Å²) in [4.78, 5) is 28.2. The summed E-state index contributed by atoms with van der Waals surface area (Å²) < 4.78 is 6.00. The predicted molar refractivity (Wildman–Crippen MR) is 102 cm³/mol. The highest BCUT2D eigenvalue weighted by atomic mass is 16.6. The number of carbonyl (C=O) groups excluding carboxylic acids is 2. The highest BCUT2D eigenvalue weighted by molar-refractivity contribution is 5.94. The van der Waals surface area contributed by atoms with Gasteiger partial charge in [0, 0.05) is 49.6 Å². The third kappa shape index (κ3) is 3.69. The zero-order chi connectivity index (χ0) is 20.4. The van der Waals surface area contributed by atoms with Gasteiger partial charge in [-0.15, -0.1) is 0 Å². The van der Waals surface area contributed by atoms with Crippen LogP contribution in [0.15, 0.2) is 59.1 Å². The Morgan fingerprint density at radius 2 is 1.66 bits per heavy atom. The molecule has 0 spiro atoms. The molecule has 0 atom stereocenters. The molecular formula is C21H20N4O4. The summed E-state index contributed by atoms with van der Waals surface area (Å²) in [6.07, 6.45) is 0. The van der Waals surface area contributed by atoms with E-state index in [1.807, 2.05) is 18.2 Å². The molecule has 0 radical (unpaired) electrons. The lowest BCUT2D eigenvalue weighted by atomic mass is 10.1. The van der Waals surface area contributed by atoms with E-state index in [1.54, 1.807) is 41.3 Å². The molecule has 0 saturated carbocycles. The standard InChI is InChI=1S/C21H20N4O4/c1-15(26)16-7-9-17(10-8-16)23-11-13-24(14-12-23)20(27)19-21(28)29-22-25(19)18-5-3-2-4-6-18/h2-10H,11-14H2,1H3. The first-order chi connectivity index (χ1) is 14.0. The molecule has 1 aromatic heterocycles. The van der Waals surface area contributed by atoms with E-state index in [2.05, 4.69) is 10.2 Å². The Kier molecular flexibility index (Phi) is 4.99. The van der Waals surface area contributed by atoms with Gasteiger partial charge >= 0.3 is 11.6 Å². The molecule has 0 bridgehead atoms. The summed E-state index contributed by atoms with van der Waals surface area (Å²) in [6, 6.07) is 16.4. The van der Waals surface area contributed by atoms with Crippen molar-refractivity contribution in [2.75, 3.05) is 31.1 Å². The minimum absolute atomic E-state index is 0.0285. The molecule has 8 heteroatoms. The van der Waals surface area contributed by atoms with Crippen LogP contribution in [0.25, 0.3) is 5.69 Å². The average Bonchev–Trinajstić information content (AvgIpc) is 3.15. The quantitative estimate of drug-likeness (QED) is 0.489. The van der Waals surface area contributed by atoms with E-state index in [9.17, 15) is 14.7 Å². The monoisotopic (exact) mass is 392 g/mol. The fraction of sp³-hybridized carbons (Fsp3) is 0.238. The molecule has 1 fully saturated rings. The molecule has 1 aliphatic rings. The second kappa shape index (κ2) is 7.75. The van der Waals surface area contributed by atoms with Crippen molar-refractivity contribution in [3.63, 3.8) is 0 Å². The van der Waals surface area contributed by atoms with Crippen molar-refractivity contribution in [3.05, 3.63) is 65.9 Å². The number of rotatable bonds is 4. The van der Waals surface area contributed by atoms with Crippen LogP contribution in [0.4, 0.5) is 5.69 Å². The molecule has 2 heterocycles. The number of nitrogens with zero attached hydrogens (tertiary/aromatic N) is 4. The van der Waals surface area contributed by atoms with E-state index < -0.39 is 11.9 Å². The molecule has 0 aliphatic carbocycles. The van der Waals surface area contributed by atoms with Crippen LogP contribution in [0.1, 0.15) is 27.8 Å². The van der Waals surface area contributed by atoms with E-state index in [0.717, 1.165) is 5.69 Å². The molecule has 148 valence electrons. The van der Waals surface area contributed by atoms with Crippen molar-refractivity contribution in [2.45, 2.75) is 6.92 Å². The molecule has 1 aliphatic heterocycles. The Labute approximate surface area is 167 Å². The summed E-state index contributed by atoms with van der Waals surface area (Å²) in [6.45, 7) is 3.71. The van der Waals surface area contributed by atoms with Crippen molar-refractivity contribution in [2.24, 2.45) is 0 Å². The topological polar surface area (TPSA) is 93.6 Å². The molecule has 29 heavy (non-hydrogen) atoms. The fourth-order valence-corrected chi connectivity index (χ4v) is 3.40. The van der Waals surface area contributed by atoms with Crippen molar-refractivity contribution >= 4 is 17.4 Å². The van der Waals surface area contributed by atoms with Crippen LogP contribution in [-0.4, -0.2) is 48.0 Å². The van der Waals surface area contributed by atoms with Gasteiger partial charge in [0.2, 0.25) is 5.69 Å². The van der Waals surface area contributed by atoms with Gasteiger partial charge < -0.3 is 19.4 Å². The van der Waals surface area contributed by atoms with E-state index in [-0.39, 0.29) is 11.5 Å². The number of Topliss-reactive ketones (excluding diaryl/α,β-unsaturated/α-hetero) is 1. The predicted octanol–water partition coefficient (Wildman–Crippen LogP) is 1.19. The van der Waals surface area contributed by atoms with Crippen LogP contribution < -0.4 is 14.7 Å².